The van der Waals surface area contributed by atoms with Crippen molar-refractivity contribution in [2.45, 2.75) is 33.4 Å². The van der Waals surface area contributed by atoms with Gasteiger partial charge >= 0.3 is 0 Å². The lowest BCUT2D eigenvalue weighted by molar-refractivity contribution is -0.126. The minimum atomic E-state index is -0.894. The first kappa shape index (κ1) is 20.5. The highest BCUT2D eigenvalue weighted by Crippen LogP contribution is 2.24. The van der Waals surface area contributed by atoms with E-state index in [1.807, 2.05) is 19.1 Å². The average Bonchev–Trinajstić information content (AvgIpc) is 2.75. The number of carbonyl (C=O) groups is 1. The Hall–Kier alpha value is -3.74. The van der Waals surface area contributed by atoms with Crippen molar-refractivity contribution in [3.63, 3.8) is 0 Å². The SMILES string of the molecule is C[C@H](Nc1ncc2ccc(=O)n(CC(C)(C)C(N)=O)c2n1)c1ccc2ccccc2c1. The first-order valence-electron chi connectivity index (χ1n) is 10.2. The van der Waals surface area contributed by atoms with E-state index in [4.69, 9.17) is 5.73 Å². The van der Waals surface area contributed by atoms with Crippen LogP contribution in [0, 0.1) is 5.41 Å². The summed E-state index contributed by atoms with van der Waals surface area (Å²) >= 11 is 0. The van der Waals surface area contributed by atoms with Crippen LogP contribution in [-0.2, 0) is 11.3 Å². The van der Waals surface area contributed by atoms with Crippen LogP contribution in [0.2, 0.25) is 0 Å². The molecule has 1 atom stereocenters. The van der Waals surface area contributed by atoms with Crippen molar-refractivity contribution in [1.29, 1.82) is 0 Å². The maximum Gasteiger partial charge on any atom is 0.252 e. The fourth-order valence-corrected chi connectivity index (χ4v) is 3.52. The van der Waals surface area contributed by atoms with E-state index in [2.05, 4.69) is 45.6 Å². The van der Waals surface area contributed by atoms with E-state index in [1.165, 1.54) is 16.0 Å². The molecule has 7 heteroatoms. The van der Waals surface area contributed by atoms with Crippen LogP contribution in [-0.4, -0.2) is 20.4 Å². The molecule has 4 aromatic rings. The number of fused-ring (bicyclic) bond motifs is 2. The van der Waals surface area contributed by atoms with Crippen LogP contribution in [0.15, 0.2) is 65.6 Å². The van der Waals surface area contributed by atoms with Crippen LogP contribution >= 0.6 is 0 Å². The molecule has 2 aromatic carbocycles. The van der Waals surface area contributed by atoms with Gasteiger partial charge in [-0.1, -0.05) is 36.4 Å². The molecule has 0 unspecified atom stereocenters. The van der Waals surface area contributed by atoms with Crippen LogP contribution in [0.4, 0.5) is 5.95 Å². The van der Waals surface area contributed by atoms with E-state index in [1.54, 1.807) is 26.1 Å². The molecule has 7 nitrogen and oxygen atoms in total. The normalized spacial score (nSPS) is 12.7. The molecule has 0 saturated heterocycles. The number of primary amides is 1. The second-order valence-corrected chi connectivity index (χ2v) is 8.45. The Morgan fingerprint density at radius 2 is 1.81 bits per heavy atom. The second-order valence-electron chi connectivity index (χ2n) is 8.45. The summed E-state index contributed by atoms with van der Waals surface area (Å²) < 4.78 is 1.48. The van der Waals surface area contributed by atoms with E-state index in [-0.39, 0.29) is 18.1 Å². The molecule has 2 aromatic heterocycles. The Balaban J connectivity index is 1.68. The maximum atomic E-state index is 12.5. The van der Waals surface area contributed by atoms with Gasteiger partial charge in [-0.15, -0.1) is 0 Å². The van der Waals surface area contributed by atoms with Gasteiger partial charge in [0.1, 0.15) is 5.65 Å². The summed E-state index contributed by atoms with van der Waals surface area (Å²) in [5, 5.41) is 6.37. The zero-order valence-electron chi connectivity index (χ0n) is 17.8. The minimum Gasteiger partial charge on any atom is -0.369 e. The smallest absolute Gasteiger partial charge is 0.252 e. The van der Waals surface area contributed by atoms with Crippen LogP contribution in [0.25, 0.3) is 21.8 Å². The summed E-state index contributed by atoms with van der Waals surface area (Å²) in [5.41, 5.74) is 5.94. The third-order valence-electron chi connectivity index (χ3n) is 5.56. The van der Waals surface area contributed by atoms with Gasteiger partial charge in [0.05, 0.1) is 11.5 Å². The van der Waals surface area contributed by atoms with Crippen LogP contribution in [0.1, 0.15) is 32.4 Å². The number of hydrogen-bond acceptors (Lipinski definition) is 5. The molecule has 1 amide bonds. The lowest BCUT2D eigenvalue weighted by Gasteiger charge is -2.22. The summed E-state index contributed by atoms with van der Waals surface area (Å²) in [6.07, 6.45) is 1.67. The van der Waals surface area contributed by atoms with Gasteiger partial charge < -0.3 is 11.1 Å². The molecule has 0 fully saturated rings. The molecule has 0 aliphatic rings. The number of benzene rings is 2. The van der Waals surface area contributed by atoms with Gasteiger partial charge in [0, 0.05) is 24.2 Å². The van der Waals surface area contributed by atoms with Crippen molar-refractivity contribution in [2.24, 2.45) is 11.1 Å². The number of nitrogens with two attached hydrogens (primary N) is 1. The first-order chi connectivity index (χ1) is 14.7. The van der Waals surface area contributed by atoms with E-state index in [0.29, 0.717) is 17.0 Å². The van der Waals surface area contributed by atoms with E-state index in [9.17, 15) is 9.59 Å². The van der Waals surface area contributed by atoms with Gasteiger partial charge in [-0.25, -0.2) is 4.98 Å². The molecular weight excluding hydrogens is 390 g/mol. The number of pyridine rings is 1. The highest BCUT2D eigenvalue weighted by Gasteiger charge is 2.27. The van der Waals surface area contributed by atoms with Crippen molar-refractivity contribution in [2.75, 3.05) is 5.32 Å². The summed E-state index contributed by atoms with van der Waals surface area (Å²) in [4.78, 5) is 33.3. The Kier molecular flexibility index (Phi) is 5.19. The number of nitrogens with one attached hydrogen (secondary N) is 1. The lowest BCUT2D eigenvalue weighted by atomic mass is 9.92. The average molecular weight is 415 g/mol. The van der Waals surface area contributed by atoms with Gasteiger partial charge in [-0.05, 0) is 49.2 Å². The Morgan fingerprint density at radius 1 is 1.10 bits per heavy atom. The number of hydrogen-bond donors (Lipinski definition) is 2. The van der Waals surface area contributed by atoms with E-state index in [0.717, 1.165) is 10.9 Å². The molecule has 31 heavy (non-hydrogen) atoms. The fraction of sp³-hybridized carbons (Fsp3) is 0.250. The Morgan fingerprint density at radius 3 is 2.55 bits per heavy atom. The van der Waals surface area contributed by atoms with Crippen molar-refractivity contribution in [1.82, 2.24) is 14.5 Å². The van der Waals surface area contributed by atoms with Gasteiger partial charge in [0.25, 0.3) is 5.56 Å². The lowest BCUT2D eigenvalue weighted by Crippen LogP contribution is -2.38. The standard InChI is InChI=1S/C24H25N5O2/c1-15(17-9-8-16-6-4-5-7-18(16)12-17)27-23-26-13-19-10-11-20(30)29(21(19)28-23)14-24(2,3)22(25)31/h4-13,15H,14H2,1-3H3,(H2,25,31)(H,26,27,28)/t15-/m0/s1. The molecule has 0 bridgehead atoms. The minimum absolute atomic E-state index is 0.0481. The molecule has 3 N–H and O–H groups in total. The van der Waals surface area contributed by atoms with Crippen LogP contribution < -0.4 is 16.6 Å². The van der Waals surface area contributed by atoms with Crippen molar-refractivity contribution in [3.8, 4) is 0 Å². The Bertz CT molecular complexity index is 1340. The molecular formula is C24H25N5O2. The summed E-state index contributed by atoms with van der Waals surface area (Å²) in [5.74, 6) is -0.0712. The molecule has 2 heterocycles. The number of rotatable bonds is 6. The quantitative estimate of drug-likeness (QED) is 0.501. The molecule has 4 rings (SSSR count). The van der Waals surface area contributed by atoms with E-state index < -0.39 is 11.3 Å². The monoisotopic (exact) mass is 415 g/mol. The third-order valence-corrected chi connectivity index (χ3v) is 5.56. The molecule has 0 spiro atoms. The van der Waals surface area contributed by atoms with Gasteiger partial charge in [0.2, 0.25) is 11.9 Å². The summed E-state index contributed by atoms with van der Waals surface area (Å²) in [7, 11) is 0. The highest BCUT2D eigenvalue weighted by atomic mass is 16.1. The topological polar surface area (TPSA) is 103 Å². The molecule has 0 aliphatic heterocycles. The predicted molar refractivity (Wildman–Crippen MR) is 123 cm³/mol. The molecule has 0 aliphatic carbocycles. The van der Waals surface area contributed by atoms with Gasteiger partial charge in [-0.2, -0.15) is 4.98 Å². The summed E-state index contributed by atoms with van der Waals surface area (Å²) in [6, 6.07) is 17.6. The zero-order valence-corrected chi connectivity index (χ0v) is 17.8. The maximum absolute atomic E-state index is 12.5. The van der Waals surface area contributed by atoms with Crippen LogP contribution in [0.3, 0.4) is 0 Å². The Labute approximate surface area is 179 Å². The van der Waals surface area contributed by atoms with Gasteiger partial charge in [-0.3, -0.25) is 14.2 Å². The third kappa shape index (κ3) is 4.12. The van der Waals surface area contributed by atoms with Crippen LogP contribution in [0.5, 0.6) is 0 Å². The first-order valence-corrected chi connectivity index (χ1v) is 10.2. The predicted octanol–water partition coefficient (Wildman–Crippen LogP) is 3.63. The number of aromatic nitrogens is 3. The number of anilines is 1. The van der Waals surface area contributed by atoms with Crippen molar-refractivity contribution >= 4 is 33.7 Å². The molecule has 158 valence electrons. The zero-order chi connectivity index (χ0) is 22.2. The number of nitrogens with zero attached hydrogens (tertiary/aromatic N) is 3. The largest absolute Gasteiger partial charge is 0.369 e. The van der Waals surface area contributed by atoms with Crippen molar-refractivity contribution in [3.05, 3.63) is 76.7 Å². The summed E-state index contributed by atoms with van der Waals surface area (Å²) in [6.45, 7) is 5.59. The van der Waals surface area contributed by atoms with Gasteiger partial charge in [0.15, 0.2) is 0 Å². The molecule has 0 radical (unpaired) electrons. The second kappa shape index (κ2) is 7.83. The van der Waals surface area contributed by atoms with E-state index >= 15 is 0 Å². The number of amides is 1. The number of carbonyl (C=O) groups excluding carboxylic acids is 1. The highest BCUT2D eigenvalue weighted by molar-refractivity contribution is 5.83. The van der Waals surface area contributed by atoms with Crippen molar-refractivity contribution < 1.29 is 4.79 Å². The molecule has 0 saturated carbocycles. The fourth-order valence-electron chi connectivity index (χ4n) is 3.52.